The van der Waals surface area contributed by atoms with E-state index >= 15 is 0 Å². The van der Waals surface area contributed by atoms with Gasteiger partial charge in [0.2, 0.25) is 23.6 Å². The Bertz CT molecular complexity index is 1230. The quantitative estimate of drug-likeness (QED) is 0.105. The molecule has 0 aliphatic rings. The molecule has 5 N–H and O–H groups in total. The van der Waals surface area contributed by atoms with Crippen LogP contribution >= 0.6 is 0 Å². The molecule has 0 spiro atoms. The van der Waals surface area contributed by atoms with E-state index in [0.717, 1.165) is 11.0 Å². The Balaban J connectivity index is 2.93. The molecule has 0 aromatic heterocycles. The van der Waals surface area contributed by atoms with Crippen molar-refractivity contribution in [2.45, 2.75) is 103 Å². The summed E-state index contributed by atoms with van der Waals surface area (Å²) < 4.78 is 15.5. The van der Waals surface area contributed by atoms with Gasteiger partial charge in [-0.15, -0.1) is 0 Å². The average Bonchev–Trinajstić information content (AvgIpc) is 2.91. The molecule has 4 amide bonds. The second-order valence-electron chi connectivity index (χ2n) is 13.3. The number of rotatable bonds is 15. The molecule has 0 bridgehead atoms. The number of methoxy groups -OCH3 is 1. The van der Waals surface area contributed by atoms with E-state index in [2.05, 4.69) is 26.6 Å². The highest BCUT2D eigenvalue weighted by atomic mass is 16.6. The minimum Gasteiger partial charge on any atom is -0.467 e. The molecule has 1 rings (SSSR count). The molecule has 0 heterocycles. The summed E-state index contributed by atoms with van der Waals surface area (Å²) in [5.41, 5.74) is -5.09. The van der Waals surface area contributed by atoms with Gasteiger partial charge in [-0.05, 0) is 80.3 Å². The largest absolute Gasteiger partial charge is 0.493 e. The summed E-state index contributed by atoms with van der Waals surface area (Å²) in [5.74, 6) is -3.01. The van der Waals surface area contributed by atoms with Crippen molar-refractivity contribution in [1.82, 2.24) is 26.6 Å². The first-order valence-corrected chi connectivity index (χ1v) is 14.2. The molecule has 0 saturated carbocycles. The van der Waals surface area contributed by atoms with Crippen molar-refractivity contribution in [1.29, 1.82) is 0 Å². The molecule has 0 radical (unpaired) electrons. The van der Waals surface area contributed by atoms with E-state index in [1.807, 2.05) is 24.3 Å². The fraction of sp³-hybridized carbons (Fsp3) is 0.633. The third-order valence-electron chi connectivity index (χ3n) is 7.13. The van der Waals surface area contributed by atoms with Crippen LogP contribution in [-0.2, 0) is 44.6 Å². The third-order valence-corrected chi connectivity index (χ3v) is 7.13. The Labute approximate surface area is 261 Å². The van der Waals surface area contributed by atoms with Gasteiger partial charge in [-0.2, -0.15) is 0 Å². The number of nitrogens with one attached hydrogen (secondary N) is 5. The van der Waals surface area contributed by atoms with Crippen LogP contribution in [0.4, 0.5) is 0 Å². The van der Waals surface area contributed by atoms with Gasteiger partial charge < -0.3 is 35.3 Å². The van der Waals surface area contributed by atoms with Crippen molar-refractivity contribution < 1.29 is 38.0 Å². The number of benzene rings is 1. The van der Waals surface area contributed by atoms with E-state index in [0.29, 0.717) is 6.54 Å². The van der Waals surface area contributed by atoms with E-state index in [4.69, 9.17) is 14.0 Å². The Hall–Kier alpha value is -3.49. The second-order valence-corrected chi connectivity index (χ2v) is 13.3. The van der Waals surface area contributed by atoms with Crippen molar-refractivity contribution in [3.05, 3.63) is 29.8 Å². The highest BCUT2D eigenvalue weighted by Gasteiger charge is 2.43. The van der Waals surface area contributed by atoms with Crippen LogP contribution in [0.25, 0.3) is 0 Å². The summed E-state index contributed by atoms with van der Waals surface area (Å²) in [4.78, 5) is 64.7. The number of ether oxygens (including phenoxy) is 1. The SMILES string of the molecule is COB(OC)c1ccccc1CNC(C)(C)C(=O)NC(C)(C)C(=O)NC(C)(C)C(=O)NC(C)(C)C(=O)N[C@](C)([13CH3])C(=O)OC. The normalized spacial score (nSPS) is 13.7. The summed E-state index contributed by atoms with van der Waals surface area (Å²) in [5, 5.41) is 13.8. The van der Waals surface area contributed by atoms with Gasteiger partial charge in [-0.25, -0.2) is 4.79 Å². The molecule has 0 aliphatic carbocycles. The van der Waals surface area contributed by atoms with Crippen molar-refractivity contribution in [2.75, 3.05) is 21.3 Å². The number of hydrogen-bond donors (Lipinski definition) is 5. The van der Waals surface area contributed by atoms with E-state index < -0.39 is 64.4 Å². The average molecular weight is 621 g/mol. The molecule has 0 fully saturated rings. The fourth-order valence-corrected chi connectivity index (χ4v) is 3.91. The van der Waals surface area contributed by atoms with Crippen molar-refractivity contribution in [2.24, 2.45) is 0 Å². The standard InChI is InChI=1S/C30H50BN5O8/c1-26(2,32-18-19-16-14-15-17-20(19)31(43-12)44-13)21(37)33-27(3,4)22(38)34-28(5,6)23(39)35-29(7,8)24(40)36-30(9,10)25(41)42-11/h14-17,32H,18H2,1-13H3,(H,33,37)(H,34,38)(H,35,39)(H,36,40)/i9+1/t30-/m0/s1. The molecule has 246 valence electrons. The summed E-state index contributed by atoms with van der Waals surface area (Å²) >= 11 is 0. The Morgan fingerprint density at radius 1 is 0.591 bits per heavy atom. The lowest BCUT2D eigenvalue weighted by molar-refractivity contribution is -0.150. The first kappa shape index (κ1) is 38.5. The second kappa shape index (κ2) is 14.5. The molecule has 44 heavy (non-hydrogen) atoms. The molecule has 14 heteroatoms. The Morgan fingerprint density at radius 2 is 0.955 bits per heavy atom. The van der Waals surface area contributed by atoms with Crippen molar-refractivity contribution >= 4 is 42.2 Å². The maximum Gasteiger partial charge on any atom is 0.493 e. The smallest absolute Gasteiger partial charge is 0.467 e. The highest BCUT2D eigenvalue weighted by Crippen LogP contribution is 2.15. The van der Waals surface area contributed by atoms with E-state index in [-0.39, 0.29) is 0 Å². The van der Waals surface area contributed by atoms with E-state index in [9.17, 15) is 24.0 Å². The van der Waals surface area contributed by atoms with Crippen LogP contribution in [0.5, 0.6) is 0 Å². The summed E-state index contributed by atoms with van der Waals surface area (Å²) in [6.45, 7) is 15.6. The summed E-state index contributed by atoms with van der Waals surface area (Å²) in [7, 11) is 3.72. The maximum absolute atomic E-state index is 13.3. The van der Waals surface area contributed by atoms with Gasteiger partial charge in [0.25, 0.3) is 0 Å². The number of hydrogen-bond acceptors (Lipinski definition) is 9. The van der Waals surface area contributed by atoms with Gasteiger partial charge in [0.1, 0.15) is 22.2 Å². The maximum atomic E-state index is 13.3. The Morgan fingerprint density at radius 3 is 1.34 bits per heavy atom. The number of carbonyl (C=O) groups is 5. The zero-order valence-electron chi connectivity index (χ0n) is 28.4. The summed E-state index contributed by atoms with van der Waals surface area (Å²) in [6, 6.07) is 7.52. The first-order chi connectivity index (χ1) is 20.0. The van der Waals surface area contributed by atoms with Gasteiger partial charge in [-0.1, -0.05) is 24.3 Å². The number of carbonyl (C=O) groups excluding carboxylic acids is 5. The fourth-order valence-electron chi connectivity index (χ4n) is 3.91. The molecule has 1 aromatic carbocycles. The van der Waals surface area contributed by atoms with Crippen LogP contribution in [0.1, 0.15) is 74.8 Å². The zero-order valence-corrected chi connectivity index (χ0v) is 28.4. The minimum absolute atomic E-state index is 0.319. The molecule has 13 nitrogen and oxygen atoms in total. The molecular weight excluding hydrogens is 570 g/mol. The van der Waals surface area contributed by atoms with Crippen molar-refractivity contribution in [3.8, 4) is 0 Å². The highest BCUT2D eigenvalue weighted by molar-refractivity contribution is 6.61. The van der Waals surface area contributed by atoms with Crippen LogP contribution in [0.2, 0.25) is 0 Å². The molecule has 1 aromatic rings. The third kappa shape index (κ3) is 10.0. The van der Waals surface area contributed by atoms with Gasteiger partial charge in [0, 0.05) is 20.8 Å². The summed E-state index contributed by atoms with van der Waals surface area (Å²) in [6.07, 6.45) is 0. The number of amides is 4. The van der Waals surface area contributed by atoms with Gasteiger partial charge in [0.05, 0.1) is 12.6 Å². The van der Waals surface area contributed by atoms with E-state index in [1.165, 1.54) is 62.5 Å². The predicted octanol–water partition coefficient (Wildman–Crippen LogP) is 0.295. The first-order valence-electron chi connectivity index (χ1n) is 14.2. The lowest BCUT2D eigenvalue weighted by Gasteiger charge is -2.36. The van der Waals surface area contributed by atoms with Crippen molar-refractivity contribution in [3.63, 3.8) is 0 Å². The van der Waals surface area contributed by atoms with Crippen LogP contribution < -0.4 is 32.0 Å². The van der Waals surface area contributed by atoms with Gasteiger partial charge in [-0.3, -0.25) is 24.5 Å². The van der Waals surface area contributed by atoms with Crippen LogP contribution in [-0.4, -0.2) is 85.7 Å². The van der Waals surface area contributed by atoms with Crippen LogP contribution in [0.3, 0.4) is 0 Å². The lowest BCUT2D eigenvalue weighted by atomic mass is 9.75. The molecular formula is C30H50BN5O8. The minimum atomic E-state index is -1.48. The predicted molar refractivity (Wildman–Crippen MR) is 168 cm³/mol. The molecule has 0 unspecified atom stereocenters. The monoisotopic (exact) mass is 620 g/mol. The Kier molecular flexibility index (Phi) is 12.7. The number of esters is 1. The topological polar surface area (TPSA) is 173 Å². The lowest BCUT2D eigenvalue weighted by Crippen LogP contribution is -2.68. The molecule has 1 atom stereocenters. The van der Waals surface area contributed by atoms with Gasteiger partial charge in [0.15, 0.2) is 0 Å². The van der Waals surface area contributed by atoms with Gasteiger partial charge >= 0.3 is 13.1 Å². The van der Waals surface area contributed by atoms with Crippen LogP contribution in [0, 0.1) is 0 Å². The van der Waals surface area contributed by atoms with Crippen LogP contribution in [0.15, 0.2) is 24.3 Å². The van der Waals surface area contributed by atoms with E-state index in [1.54, 1.807) is 28.1 Å². The molecule has 0 aliphatic heterocycles. The molecule has 0 saturated heterocycles. The zero-order chi connectivity index (χ0) is 34.3.